The van der Waals surface area contributed by atoms with Gasteiger partial charge in [-0.1, -0.05) is 31.0 Å². The molecule has 0 atom stereocenters. The molecule has 43 heavy (non-hydrogen) atoms. The van der Waals surface area contributed by atoms with Crippen molar-refractivity contribution >= 4 is 60.2 Å². The summed E-state index contributed by atoms with van der Waals surface area (Å²) >= 11 is 0. The van der Waals surface area contributed by atoms with Crippen LogP contribution in [0.1, 0.15) is 81.4 Å². The molecule has 0 amide bonds. The first-order valence-electron chi connectivity index (χ1n) is 14.8. The maximum atomic E-state index is 13.1. The van der Waals surface area contributed by atoms with E-state index in [4.69, 9.17) is 20.7 Å². The molecule has 14 heteroatoms. The number of nitrogens with two attached hydrogens (primary N) is 1. The predicted molar refractivity (Wildman–Crippen MR) is 171 cm³/mol. The summed E-state index contributed by atoms with van der Waals surface area (Å²) in [6, 6.07) is 6.73. The molecule has 3 aromatic rings. The van der Waals surface area contributed by atoms with E-state index >= 15 is 0 Å². The van der Waals surface area contributed by atoms with Crippen LogP contribution < -0.4 is 16.5 Å². The lowest BCUT2D eigenvalue weighted by molar-refractivity contribution is -0.137. The number of nitrogens with one attached hydrogen (secondary N) is 2. The Bertz CT molecular complexity index is 1300. The van der Waals surface area contributed by atoms with Gasteiger partial charge in [0.25, 0.3) is 0 Å². The number of halogens is 6. The Morgan fingerprint density at radius 3 is 2.28 bits per heavy atom. The van der Waals surface area contributed by atoms with Gasteiger partial charge in [0, 0.05) is 31.2 Å². The van der Waals surface area contributed by atoms with Crippen LogP contribution in [-0.4, -0.2) is 49.7 Å². The summed E-state index contributed by atoms with van der Waals surface area (Å²) in [7, 11) is 0. The molecule has 0 radical (unpaired) electrons. The van der Waals surface area contributed by atoms with E-state index in [0.717, 1.165) is 87.2 Å². The van der Waals surface area contributed by atoms with Gasteiger partial charge in [0.1, 0.15) is 0 Å². The zero-order valence-electron chi connectivity index (χ0n) is 24.1. The molecular formula is C29H42Cl3F3N8. The minimum atomic E-state index is -4.31. The van der Waals surface area contributed by atoms with E-state index < -0.39 is 11.7 Å². The number of nitrogens with zero attached hydrogens (tertiary/aromatic N) is 5. The number of hydrogen-bond acceptors (Lipinski definition) is 7. The van der Waals surface area contributed by atoms with Crippen LogP contribution in [0.15, 0.2) is 30.6 Å². The number of hydrogen-bond donors (Lipinski definition) is 3. The van der Waals surface area contributed by atoms with E-state index in [1.54, 1.807) is 6.07 Å². The summed E-state index contributed by atoms with van der Waals surface area (Å²) < 4.78 is 41.6. The number of alkyl halides is 3. The van der Waals surface area contributed by atoms with Gasteiger partial charge in [-0.05, 0) is 75.3 Å². The fraction of sp³-hybridized carbons (Fsp3) is 0.621. The van der Waals surface area contributed by atoms with Gasteiger partial charge < -0.3 is 21.0 Å². The monoisotopic (exact) mass is 664 g/mol. The molecule has 240 valence electrons. The summed E-state index contributed by atoms with van der Waals surface area (Å²) in [5, 5.41) is 5.73. The Morgan fingerprint density at radius 1 is 0.907 bits per heavy atom. The predicted octanol–water partition coefficient (Wildman–Crippen LogP) is 7.19. The minimum absolute atomic E-state index is 0. The minimum Gasteiger partial charge on any atom is -0.351 e. The number of imidazole rings is 1. The highest BCUT2D eigenvalue weighted by molar-refractivity contribution is 5.86. The Kier molecular flexibility index (Phi) is 12.6. The van der Waals surface area contributed by atoms with E-state index in [2.05, 4.69) is 20.3 Å². The normalized spacial score (nSPS) is 22.0. The molecule has 3 heterocycles. The molecule has 0 unspecified atom stereocenters. The van der Waals surface area contributed by atoms with Crippen LogP contribution >= 0.6 is 37.2 Å². The van der Waals surface area contributed by atoms with Gasteiger partial charge in [0.15, 0.2) is 17.0 Å². The van der Waals surface area contributed by atoms with Crippen molar-refractivity contribution in [3.63, 3.8) is 0 Å². The molecule has 3 aliphatic rings. The maximum Gasteiger partial charge on any atom is 0.416 e. The smallest absolute Gasteiger partial charge is 0.351 e. The maximum absolute atomic E-state index is 13.1. The van der Waals surface area contributed by atoms with Gasteiger partial charge in [-0.15, -0.1) is 37.2 Å². The lowest BCUT2D eigenvalue weighted by Gasteiger charge is -2.32. The lowest BCUT2D eigenvalue weighted by atomic mass is 9.90. The second-order valence-electron chi connectivity index (χ2n) is 11.9. The molecule has 1 saturated heterocycles. The van der Waals surface area contributed by atoms with E-state index in [9.17, 15) is 13.2 Å². The first-order chi connectivity index (χ1) is 19.3. The van der Waals surface area contributed by atoms with Gasteiger partial charge in [-0.3, -0.25) is 0 Å². The summed E-state index contributed by atoms with van der Waals surface area (Å²) in [5.74, 6) is 1.66. The quantitative estimate of drug-likeness (QED) is 0.246. The van der Waals surface area contributed by atoms with Crippen LogP contribution in [0.25, 0.3) is 11.2 Å². The average molecular weight is 666 g/mol. The number of aromatic nitrogens is 4. The molecule has 4 N–H and O–H groups in total. The zero-order valence-corrected chi connectivity index (χ0v) is 26.5. The van der Waals surface area contributed by atoms with E-state index in [1.165, 1.54) is 25.0 Å². The molecule has 0 bridgehead atoms. The first-order valence-corrected chi connectivity index (χ1v) is 14.8. The van der Waals surface area contributed by atoms with Crippen LogP contribution in [0.5, 0.6) is 0 Å². The third kappa shape index (κ3) is 8.57. The Labute approximate surface area is 269 Å². The van der Waals surface area contributed by atoms with Gasteiger partial charge in [0.2, 0.25) is 5.95 Å². The molecule has 2 saturated carbocycles. The molecule has 0 spiro atoms. The number of benzene rings is 1. The molecule has 8 nitrogen and oxygen atoms in total. The highest BCUT2D eigenvalue weighted by Crippen LogP contribution is 2.34. The van der Waals surface area contributed by atoms with Crippen LogP contribution in [-0.2, 0) is 12.6 Å². The lowest BCUT2D eigenvalue weighted by Crippen LogP contribution is -2.39. The molecule has 1 aliphatic heterocycles. The van der Waals surface area contributed by atoms with Crippen LogP contribution in [0.3, 0.4) is 0 Å². The largest absolute Gasteiger partial charge is 0.416 e. The van der Waals surface area contributed by atoms with Crippen molar-refractivity contribution in [2.24, 2.45) is 11.7 Å². The third-order valence-corrected chi connectivity index (χ3v) is 8.90. The first kappa shape index (κ1) is 35.4. The number of rotatable bonds is 7. The SMILES string of the molecule is Cl.Cl.Cl.NC1CCC(Nc2nc(NN3CCC(Cc4cccc(C(F)(F)F)c4)CC3)c3ncn(C4CCCC4)c3n2)CC1. The van der Waals surface area contributed by atoms with Crippen molar-refractivity contribution in [1.82, 2.24) is 24.5 Å². The molecule has 1 aromatic carbocycles. The molecule has 3 fully saturated rings. The van der Waals surface area contributed by atoms with Crippen LogP contribution in [0.4, 0.5) is 24.9 Å². The Hall–Kier alpha value is -2.05. The topological polar surface area (TPSA) is 96.9 Å². The fourth-order valence-electron chi connectivity index (χ4n) is 6.56. The van der Waals surface area contributed by atoms with Gasteiger partial charge in [-0.2, -0.15) is 23.1 Å². The molecule has 2 aromatic heterocycles. The Balaban J connectivity index is 0.00000169. The van der Waals surface area contributed by atoms with Crippen LogP contribution in [0, 0.1) is 5.92 Å². The van der Waals surface area contributed by atoms with Gasteiger partial charge in [0.05, 0.1) is 11.9 Å². The number of piperidine rings is 1. The zero-order chi connectivity index (χ0) is 27.7. The average Bonchev–Trinajstić information content (AvgIpc) is 3.61. The summed E-state index contributed by atoms with van der Waals surface area (Å²) in [6.45, 7) is 1.56. The summed E-state index contributed by atoms with van der Waals surface area (Å²) in [6.07, 6.45) is 8.78. The Morgan fingerprint density at radius 2 is 1.60 bits per heavy atom. The molecular weight excluding hydrogens is 624 g/mol. The van der Waals surface area contributed by atoms with E-state index in [1.807, 2.05) is 6.33 Å². The van der Waals surface area contributed by atoms with Crippen molar-refractivity contribution in [2.75, 3.05) is 23.8 Å². The molecule has 2 aliphatic carbocycles. The van der Waals surface area contributed by atoms with E-state index in [0.29, 0.717) is 36.2 Å². The van der Waals surface area contributed by atoms with Gasteiger partial charge >= 0.3 is 6.18 Å². The molecule has 6 rings (SSSR count). The van der Waals surface area contributed by atoms with Crippen LogP contribution in [0.2, 0.25) is 0 Å². The van der Waals surface area contributed by atoms with Gasteiger partial charge in [-0.25, -0.2) is 9.99 Å². The van der Waals surface area contributed by atoms with Crippen molar-refractivity contribution in [2.45, 2.75) is 94.9 Å². The van der Waals surface area contributed by atoms with Crippen molar-refractivity contribution in [1.29, 1.82) is 0 Å². The van der Waals surface area contributed by atoms with Crippen molar-refractivity contribution in [3.05, 3.63) is 41.7 Å². The number of fused-ring (bicyclic) bond motifs is 1. The van der Waals surface area contributed by atoms with Crippen molar-refractivity contribution in [3.8, 4) is 0 Å². The summed E-state index contributed by atoms with van der Waals surface area (Å²) in [5.41, 5.74) is 11.4. The highest BCUT2D eigenvalue weighted by atomic mass is 35.5. The second-order valence-corrected chi connectivity index (χ2v) is 11.9. The third-order valence-electron chi connectivity index (χ3n) is 8.90. The summed E-state index contributed by atoms with van der Waals surface area (Å²) in [4.78, 5) is 14.6. The highest BCUT2D eigenvalue weighted by Gasteiger charge is 2.31. The van der Waals surface area contributed by atoms with Crippen molar-refractivity contribution < 1.29 is 13.2 Å². The number of hydrazine groups is 1. The standard InChI is InChI=1S/C29H39F3N8.3ClH/c30-29(31,32)21-5-3-4-20(17-21)16-19-12-14-39(15-13-19)38-26-25-27(40(18-34-25)24-6-1-2-7-24)37-28(36-26)35-23-10-8-22(33)9-11-23;;;/h3-5,17-19,22-24H,1-2,6-16,33H2,(H2,35,36,37,38);3*1H. The van der Waals surface area contributed by atoms with E-state index in [-0.39, 0.29) is 43.3 Å². The fourth-order valence-corrected chi connectivity index (χ4v) is 6.56. The number of anilines is 2. The second kappa shape index (κ2) is 15.3.